The van der Waals surface area contributed by atoms with Gasteiger partial charge in [-0.15, -0.1) is 0 Å². The van der Waals surface area contributed by atoms with Crippen LogP contribution in [0, 0.1) is 17.2 Å². The zero-order chi connectivity index (χ0) is 12.1. The quantitative estimate of drug-likeness (QED) is 0.751. The lowest BCUT2D eigenvalue weighted by Gasteiger charge is -2.29. The van der Waals surface area contributed by atoms with Crippen molar-refractivity contribution in [3.05, 3.63) is 24.2 Å². The first-order valence-corrected chi connectivity index (χ1v) is 6.42. The van der Waals surface area contributed by atoms with Crippen molar-refractivity contribution in [2.24, 2.45) is 5.92 Å². The minimum absolute atomic E-state index is 0.189. The van der Waals surface area contributed by atoms with Gasteiger partial charge in [-0.05, 0) is 26.0 Å². The Hall–Kier alpha value is -1.27. The van der Waals surface area contributed by atoms with Gasteiger partial charge in [0.15, 0.2) is 0 Å². The molecule has 0 aliphatic heterocycles. The van der Waals surface area contributed by atoms with Gasteiger partial charge in [0, 0.05) is 18.2 Å². The van der Waals surface area contributed by atoms with Crippen LogP contribution >= 0.6 is 0 Å². The lowest BCUT2D eigenvalue weighted by molar-refractivity contribution is 0.183. The van der Waals surface area contributed by atoms with Crippen LogP contribution in [0.3, 0.4) is 0 Å². The second-order valence-corrected chi connectivity index (χ2v) is 4.99. The van der Waals surface area contributed by atoms with Crippen LogP contribution in [0.2, 0.25) is 0 Å². The van der Waals surface area contributed by atoms with E-state index in [-0.39, 0.29) is 5.92 Å². The Kier molecular flexibility index (Phi) is 4.22. The third-order valence-corrected chi connectivity index (χ3v) is 3.72. The van der Waals surface area contributed by atoms with Crippen LogP contribution in [0.4, 0.5) is 0 Å². The molecule has 2 atom stereocenters. The molecule has 0 spiro atoms. The van der Waals surface area contributed by atoms with Gasteiger partial charge in [0.25, 0.3) is 0 Å². The van der Waals surface area contributed by atoms with E-state index in [9.17, 15) is 5.26 Å². The molecule has 2 rings (SSSR count). The van der Waals surface area contributed by atoms with Gasteiger partial charge in [0.2, 0.25) is 0 Å². The van der Waals surface area contributed by atoms with E-state index in [1.807, 2.05) is 6.07 Å². The highest BCUT2D eigenvalue weighted by atomic mass is 16.3. The lowest BCUT2D eigenvalue weighted by atomic mass is 9.95. The summed E-state index contributed by atoms with van der Waals surface area (Å²) in [6.07, 6.45) is 9.41. The zero-order valence-electron chi connectivity index (χ0n) is 10.4. The van der Waals surface area contributed by atoms with Crippen LogP contribution in [-0.4, -0.2) is 18.0 Å². The molecule has 0 saturated heterocycles. The third-order valence-electron chi connectivity index (χ3n) is 3.72. The van der Waals surface area contributed by atoms with Crippen molar-refractivity contribution in [3.63, 3.8) is 0 Å². The Balaban J connectivity index is 2.00. The standard InChI is InChI=1S/C14H20N2O/c1-16(10-12-7-8-17-11-12)14-6-4-2-3-5-13(14)9-15/h7-8,11,13-14H,2-6,10H2,1H3. The van der Waals surface area contributed by atoms with Crippen LogP contribution in [0.5, 0.6) is 0 Å². The Bertz CT molecular complexity index is 366. The Morgan fingerprint density at radius 2 is 2.24 bits per heavy atom. The average molecular weight is 232 g/mol. The third kappa shape index (κ3) is 3.10. The van der Waals surface area contributed by atoms with E-state index in [1.165, 1.54) is 24.8 Å². The number of hydrogen-bond acceptors (Lipinski definition) is 3. The first-order valence-electron chi connectivity index (χ1n) is 6.42. The fourth-order valence-electron chi connectivity index (χ4n) is 2.75. The maximum Gasteiger partial charge on any atom is 0.0947 e. The van der Waals surface area contributed by atoms with Gasteiger partial charge in [-0.3, -0.25) is 4.90 Å². The topological polar surface area (TPSA) is 40.2 Å². The summed E-state index contributed by atoms with van der Waals surface area (Å²) in [6.45, 7) is 0.874. The minimum Gasteiger partial charge on any atom is -0.472 e. The van der Waals surface area contributed by atoms with E-state index in [4.69, 9.17) is 4.42 Å². The molecule has 17 heavy (non-hydrogen) atoms. The number of nitrogens with zero attached hydrogens (tertiary/aromatic N) is 2. The minimum atomic E-state index is 0.189. The monoisotopic (exact) mass is 232 g/mol. The molecular weight excluding hydrogens is 212 g/mol. The molecule has 1 heterocycles. The van der Waals surface area contributed by atoms with Crippen molar-refractivity contribution >= 4 is 0 Å². The summed E-state index contributed by atoms with van der Waals surface area (Å²) in [5.41, 5.74) is 1.19. The highest BCUT2D eigenvalue weighted by Crippen LogP contribution is 2.27. The van der Waals surface area contributed by atoms with E-state index in [0.717, 1.165) is 19.4 Å². The number of rotatable bonds is 3. The van der Waals surface area contributed by atoms with Gasteiger partial charge in [-0.2, -0.15) is 5.26 Å². The summed E-state index contributed by atoms with van der Waals surface area (Å²) in [6, 6.07) is 4.88. The Morgan fingerprint density at radius 1 is 1.41 bits per heavy atom. The van der Waals surface area contributed by atoms with Crippen LogP contribution in [0.15, 0.2) is 23.0 Å². The molecule has 0 N–H and O–H groups in total. The maximum absolute atomic E-state index is 9.27. The van der Waals surface area contributed by atoms with Gasteiger partial charge in [0.1, 0.15) is 0 Å². The van der Waals surface area contributed by atoms with Crippen molar-refractivity contribution in [2.45, 2.75) is 44.7 Å². The molecule has 0 radical (unpaired) electrons. The first-order chi connectivity index (χ1) is 8.31. The predicted molar refractivity (Wildman–Crippen MR) is 66.2 cm³/mol. The summed E-state index contributed by atoms with van der Waals surface area (Å²) in [5, 5.41) is 9.27. The van der Waals surface area contributed by atoms with E-state index in [0.29, 0.717) is 6.04 Å². The van der Waals surface area contributed by atoms with E-state index < -0.39 is 0 Å². The van der Waals surface area contributed by atoms with E-state index in [1.54, 1.807) is 12.5 Å². The van der Waals surface area contributed by atoms with Crippen molar-refractivity contribution in [2.75, 3.05) is 7.05 Å². The van der Waals surface area contributed by atoms with Crippen LogP contribution in [0.25, 0.3) is 0 Å². The molecule has 1 aliphatic carbocycles. The SMILES string of the molecule is CN(Cc1ccoc1)C1CCCCCC1C#N. The fourth-order valence-corrected chi connectivity index (χ4v) is 2.75. The second kappa shape index (κ2) is 5.88. The molecule has 1 fully saturated rings. The number of furan rings is 1. The van der Waals surface area contributed by atoms with Crippen molar-refractivity contribution in [1.29, 1.82) is 5.26 Å². The second-order valence-electron chi connectivity index (χ2n) is 4.99. The van der Waals surface area contributed by atoms with Crippen molar-refractivity contribution in [3.8, 4) is 6.07 Å². The summed E-state index contributed by atoms with van der Waals surface area (Å²) < 4.78 is 5.09. The molecule has 2 unspecified atom stereocenters. The zero-order valence-corrected chi connectivity index (χ0v) is 10.4. The van der Waals surface area contributed by atoms with Crippen molar-refractivity contribution in [1.82, 2.24) is 4.90 Å². The average Bonchev–Trinajstić information content (AvgIpc) is 2.71. The molecule has 1 aliphatic rings. The molecule has 1 saturated carbocycles. The Morgan fingerprint density at radius 3 is 2.94 bits per heavy atom. The fraction of sp³-hybridized carbons (Fsp3) is 0.643. The van der Waals surface area contributed by atoms with Gasteiger partial charge >= 0.3 is 0 Å². The van der Waals surface area contributed by atoms with Gasteiger partial charge in [0.05, 0.1) is 24.5 Å². The molecule has 3 heteroatoms. The number of nitriles is 1. The normalized spacial score (nSPS) is 25.5. The maximum atomic E-state index is 9.27. The molecule has 1 aromatic heterocycles. The van der Waals surface area contributed by atoms with E-state index in [2.05, 4.69) is 18.0 Å². The summed E-state index contributed by atoms with van der Waals surface area (Å²) in [5.74, 6) is 0.189. The van der Waals surface area contributed by atoms with Crippen LogP contribution in [-0.2, 0) is 6.54 Å². The Labute approximate surface area is 103 Å². The molecule has 1 aromatic rings. The lowest BCUT2D eigenvalue weighted by Crippen LogP contribution is -2.36. The van der Waals surface area contributed by atoms with Gasteiger partial charge < -0.3 is 4.42 Å². The summed E-state index contributed by atoms with van der Waals surface area (Å²) in [4.78, 5) is 2.31. The van der Waals surface area contributed by atoms with Gasteiger partial charge in [-0.1, -0.05) is 19.3 Å². The van der Waals surface area contributed by atoms with Crippen LogP contribution in [0.1, 0.15) is 37.7 Å². The highest BCUT2D eigenvalue weighted by molar-refractivity contribution is 5.06. The molecule has 92 valence electrons. The first kappa shape index (κ1) is 12.2. The summed E-state index contributed by atoms with van der Waals surface area (Å²) >= 11 is 0. The van der Waals surface area contributed by atoms with Crippen LogP contribution < -0.4 is 0 Å². The molecule has 3 nitrogen and oxygen atoms in total. The van der Waals surface area contributed by atoms with Crippen molar-refractivity contribution < 1.29 is 4.42 Å². The highest BCUT2D eigenvalue weighted by Gasteiger charge is 2.26. The largest absolute Gasteiger partial charge is 0.472 e. The molecule has 0 amide bonds. The molecule has 0 bridgehead atoms. The van der Waals surface area contributed by atoms with E-state index >= 15 is 0 Å². The number of hydrogen-bond donors (Lipinski definition) is 0. The van der Waals surface area contributed by atoms with Gasteiger partial charge in [-0.25, -0.2) is 0 Å². The molecular formula is C14H20N2O. The predicted octanol–water partition coefficient (Wildman–Crippen LogP) is 3.18. The summed E-state index contributed by atoms with van der Waals surface area (Å²) in [7, 11) is 2.12. The molecule has 0 aromatic carbocycles. The smallest absolute Gasteiger partial charge is 0.0947 e.